The molecule has 3 aromatic carbocycles. The number of halogens is 1. The molecule has 0 aliphatic rings. The second-order valence-corrected chi connectivity index (χ2v) is 8.13. The van der Waals surface area contributed by atoms with Crippen LogP contribution in [0, 0.1) is 0 Å². The van der Waals surface area contributed by atoms with Crippen molar-refractivity contribution in [2.75, 3.05) is 23.2 Å². The number of fused-ring (bicyclic) bond motifs is 1. The molecule has 0 saturated heterocycles. The van der Waals surface area contributed by atoms with E-state index in [0.717, 1.165) is 12.0 Å². The van der Waals surface area contributed by atoms with Gasteiger partial charge in [-0.2, -0.15) is 0 Å². The van der Waals surface area contributed by atoms with Gasteiger partial charge in [0.1, 0.15) is 11.4 Å². The van der Waals surface area contributed by atoms with Crippen LogP contribution >= 0.6 is 11.6 Å². The smallest absolute Gasteiger partial charge is 0.328 e. The number of nitrogens with one attached hydrogen (secondary N) is 3. The number of anilines is 2. The maximum atomic E-state index is 13.1. The van der Waals surface area contributed by atoms with E-state index in [1.165, 1.54) is 4.68 Å². The number of amides is 3. The van der Waals surface area contributed by atoms with Gasteiger partial charge in [-0.1, -0.05) is 30.7 Å². The number of benzene rings is 3. The van der Waals surface area contributed by atoms with E-state index in [1.54, 1.807) is 67.8 Å². The van der Waals surface area contributed by atoms with Gasteiger partial charge in [-0.3, -0.25) is 19.8 Å². The molecule has 8 nitrogen and oxygen atoms in total. The number of aryl methyl sites for hydroxylation is 1. The predicted molar refractivity (Wildman–Crippen MR) is 137 cm³/mol. The predicted octanol–water partition coefficient (Wildman–Crippen LogP) is 4.83. The standard InChI is InChI=1S/C26H23ClN4O4/c1-3-16-4-7-19(8-5-16)29-25(33)26(34)30-31-22-13-6-18(27)14-17(22)15-23(31)24(32)28-20-9-11-21(35-2)12-10-20/h4-15H,3H2,1-2H3,(H,28,32)(H,29,33)(H,30,34). The zero-order chi connectivity index (χ0) is 24.9. The van der Waals surface area contributed by atoms with E-state index in [1.807, 2.05) is 19.1 Å². The minimum Gasteiger partial charge on any atom is -0.497 e. The van der Waals surface area contributed by atoms with Gasteiger partial charge in [-0.25, -0.2) is 4.68 Å². The molecular formula is C26H23ClN4O4. The van der Waals surface area contributed by atoms with Gasteiger partial charge in [0.25, 0.3) is 5.91 Å². The largest absolute Gasteiger partial charge is 0.497 e. The number of hydrogen-bond acceptors (Lipinski definition) is 4. The molecule has 0 fully saturated rings. The lowest BCUT2D eigenvalue weighted by Crippen LogP contribution is -2.36. The van der Waals surface area contributed by atoms with Crippen molar-refractivity contribution >= 4 is 51.6 Å². The quantitative estimate of drug-likeness (QED) is 0.337. The van der Waals surface area contributed by atoms with Crippen molar-refractivity contribution in [2.45, 2.75) is 13.3 Å². The highest BCUT2D eigenvalue weighted by molar-refractivity contribution is 6.42. The Labute approximate surface area is 206 Å². The van der Waals surface area contributed by atoms with Crippen molar-refractivity contribution in [2.24, 2.45) is 0 Å². The molecule has 9 heteroatoms. The molecule has 0 aliphatic heterocycles. The zero-order valence-electron chi connectivity index (χ0n) is 19.1. The number of rotatable bonds is 6. The molecule has 0 unspecified atom stereocenters. The fourth-order valence-electron chi connectivity index (χ4n) is 3.51. The summed E-state index contributed by atoms with van der Waals surface area (Å²) in [6.45, 7) is 2.03. The van der Waals surface area contributed by atoms with E-state index in [-0.39, 0.29) is 5.69 Å². The van der Waals surface area contributed by atoms with Crippen molar-refractivity contribution in [3.8, 4) is 5.75 Å². The zero-order valence-corrected chi connectivity index (χ0v) is 19.8. The van der Waals surface area contributed by atoms with E-state index in [9.17, 15) is 14.4 Å². The fraction of sp³-hybridized carbons (Fsp3) is 0.115. The number of carbonyl (C=O) groups is 3. The van der Waals surface area contributed by atoms with Crippen LogP contribution in [0.5, 0.6) is 5.75 Å². The Morgan fingerprint density at radius 2 is 1.51 bits per heavy atom. The Balaban J connectivity index is 1.58. The van der Waals surface area contributed by atoms with Crippen LogP contribution in [0.1, 0.15) is 23.0 Å². The van der Waals surface area contributed by atoms with E-state index < -0.39 is 17.7 Å². The van der Waals surface area contributed by atoms with Crippen molar-refractivity contribution in [3.05, 3.63) is 89.1 Å². The van der Waals surface area contributed by atoms with Gasteiger partial charge < -0.3 is 15.4 Å². The summed E-state index contributed by atoms with van der Waals surface area (Å²) < 4.78 is 6.40. The molecule has 3 N–H and O–H groups in total. The third-order valence-corrected chi connectivity index (χ3v) is 5.62. The summed E-state index contributed by atoms with van der Waals surface area (Å²) in [5.74, 6) is -1.64. The molecular weight excluding hydrogens is 468 g/mol. The Hall–Kier alpha value is -4.30. The molecule has 0 spiro atoms. The maximum Gasteiger partial charge on any atom is 0.328 e. The summed E-state index contributed by atoms with van der Waals surface area (Å²) in [6.07, 6.45) is 0.862. The first-order valence-electron chi connectivity index (χ1n) is 10.9. The number of ether oxygens (including phenoxy) is 1. The molecule has 4 rings (SSSR count). The van der Waals surface area contributed by atoms with E-state index in [2.05, 4.69) is 16.1 Å². The summed E-state index contributed by atoms with van der Waals surface area (Å²) in [4.78, 5) is 38.4. The van der Waals surface area contributed by atoms with Crippen LogP contribution < -0.4 is 20.8 Å². The van der Waals surface area contributed by atoms with Crippen LogP contribution in [-0.4, -0.2) is 29.5 Å². The minimum atomic E-state index is -0.935. The van der Waals surface area contributed by atoms with Crippen LogP contribution in [0.4, 0.5) is 11.4 Å². The minimum absolute atomic E-state index is 0.117. The number of hydrogen-bond donors (Lipinski definition) is 3. The lowest BCUT2D eigenvalue weighted by atomic mass is 10.1. The first-order chi connectivity index (χ1) is 16.9. The third kappa shape index (κ3) is 5.44. The number of aromatic nitrogens is 1. The molecule has 0 radical (unpaired) electrons. The SMILES string of the molecule is CCc1ccc(NC(=O)C(=O)Nn2c(C(=O)Nc3ccc(OC)cc3)cc3cc(Cl)ccc32)cc1. The van der Waals surface area contributed by atoms with Gasteiger partial charge in [-0.05, 0) is 72.6 Å². The molecule has 3 amide bonds. The molecule has 0 bridgehead atoms. The van der Waals surface area contributed by atoms with Gasteiger partial charge in [0, 0.05) is 21.8 Å². The molecule has 4 aromatic rings. The first kappa shape index (κ1) is 23.8. The van der Waals surface area contributed by atoms with Crippen LogP contribution in [0.15, 0.2) is 72.8 Å². The Bertz CT molecular complexity index is 1400. The van der Waals surface area contributed by atoms with Crippen molar-refractivity contribution in [1.29, 1.82) is 0 Å². The third-order valence-electron chi connectivity index (χ3n) is 5.38. The van der Waals surface area contributed by atoms with E-state index in [4.69, 9.17) is 16.3 Å². The van der Waals surface area contributed by atoms with E-state index in [0.29, 0.717) is 33.0 Å². The molecule has 0 atom stereocenters. The second-order valence-electron chi connectivity index (χ2n) is 7.70. The van der Waals surface area contributed by atoms with Crippen LogP contribution in [0.25, 0.3) is 10.9 Å². The lowest BCUT2D eigenvalue weighted by molar-refractivity contribution is -0.133. The molecule has 1 aromatic heterocycles. The average Bonchev–Trinajstić information content (AvgIpc) is 3.22. The average molecular weight is 491 g/mol. The lowest BCUT2D eigenvalue weighted by Gasteiger charge is -2.13. The number of nitrogens with zero attached hydrogens (tertiary/aromatic N) is 1. The molecule has 35 heavy (non-hydrogen) atoms. The summed E-state index contributed by atoms with van der Waals surface area (Å²) in [5.41, 5.74) is 5.27. The maximum absolute atomic E-state index is 13.1. The van der Waals surface area contributed by atoms with Crippen LogP contribution in [0.3, 0.4) is 0 Å². The van der Waals surface area contributed by atoms with Gasteiger partial charge in [0.2, 0.25) is 0 Å². The van der Waals surface area contributed by atoms with E-state index >= 15 is 0 Å². The van der Waals surface area contributed by atoms with Gasteiger partial charge >= 0.3 is 11.8 Å². The molecule has 1 heterocycles. The molecule has 0 aliphatic carbocycles. The summed E-state index contributed by atoms with van der Waals surface area (Å²) in [6, 6.07) is 20.5. The van der Waals surface area contributed by atoms with Crippen molar-refractivity contribution < 1.29 is 19.1 Å². The Morgan fingerprint density at radius 3 is 2.17 bits per heavy atom. The fourth-order valence-corrected chi connectivity index (χ4v) is 3.69. The van der Waals surface area contributed by atoms with Crippen LogP contribution in [0.2, 0.25) is 5.02 Å². The highest BCUT2D eigenvalue weighted by Gasteiger charge is 2.21. The second kappa shape index (κ2) is 10.3. The monoisotopic (exact) mass is 490 g/mol. The Morgan fingerprint density at radius 1 is 0.857 bits per heavy atom. The summed E-state index contributed by atoms with van der Waals surface area (Å²) in [7, 11) is 1.55. The molecule has 0 saturated carbocycles. The van der Waals surface area contributed by atoms with Gasteiger partial charge in [-0.15, -0.1) is 0 Å². The normalized spacial score (nSPS) is 10.6. The summed E-state index contributed by atoms with van der Waals surface area (Å²) >= 11 is 6.11. The van der Waals surface area contributed by atoms with Gasteiger partial charge in [0.15, 0.2) is 0 Å². The highest BCUT2D eigenvalue weighted by atomic mass is 35.5. The highest BCUT2D eigenvalue weighted by Crippen LogP contribution is 2.24. The number of carbonyl (C=O) groups excluding carboxylic acids is 3. The molecule has 178 valence electrons. The van der Waals surface area contributed by atoms with Crippen molar-refractivity contribution in [3.63, 3.8) is 0 Å². The Kier molecular flexibility index (Phi) is 7.03. The van der Waals surface area contributed by atoms with Crippen molar-refractivity contribution in [1.82, 2.24) is 4.68 Å². The van der Waals surface area contributed by atoms with Crippen LogP contribution in [-0.2, 0) is 16.0 Å². The topological polar surface area (TPSA) is 101 Å². The van der Waals surface area contributed by atoms with Gasteiger partial charge in [0.05, 0.1) is 12.6 Å². The summed E-state index contributed by atoms with van der Waals surface area (Å²) in [5, 5.41) is 6.43. The number of methoxy groups -OCH3 is 1. The first-order valence-corrected chi connectivity index (χ1v) is 11.2.